The lowest BCUT2D eigenvalue weighted by molar-refractivity contribution is -0.123. The second-order valence-corrected chi connectivity index (χ2v) is 8.16. The summed E-state index contributed by atoms with van der Waals surface area (Å²) in [5.41, 5.74) is 2.26. The highest BCUT2D eigenvalue weighted by Gasteiger charge is 2.37. The first-order valence-corrected chi connectivity index (χ1v) is 9.11. The van der Waals surface area contributed by atoms with Crippen molar-refractivity contribution >= 4 is 51.6 Å². The maximum Gasteiger partial charge on any atom is 0.252 e. The SMILES string of the molecule is C[C@H](O)C(=O)Nc1cc(Cl)c(Cl)c2[nH]c3c(c12)[C@H](C)C(=O)NCC3(C)C. The Morgan fingerprint density at radius 3 is 2.69 bits per heavy atom. The number of rotatable bonds is 2. The highest BCUT2D eigenvalue weighted by Crippen LogP contribution is 2.45. The Bertz CT molecular complexity index is 918. The molecule has 2 heterocycles. The molecule has 2 amide bonds. The van der Waals surface area contributed by atoms with Gasteiger partial charge in [0.1, 0.15) is 6.10 Å². The first kappa shape index (κ1) is 19.0. The van der Waals surface area contributed by atoms with E-state index in [9.17, 15) is 14.7 Å². The van der Waals surface area contributed by atoms with Gasteiger partial charge in [0.2, 0.25) is 5.91 Å². The largest absolute Gasteiger partial charge is 0.384 e. The monoisotopic (exact) mass is 397 g/mol. The van der Waals surface area contributed by atoms with Gasteiger partial charge in [-0.15, -0.1) is 0 Å². The van der Waals surface area contributed by atoms with Crippen LogP contribution in [0.15, 0.2) is 6.07 Å². The van der Waals surface area contributed by atoms with Crippen molar-refractivity contribution in [3.8, 4) is 0 Å². The minimum atomic E-state index is -1.19. The van der Waals surface area contributed by atoms with Gasteiger partial charge in [0.05, 0.1) is 27.2 Å². The quantitative estimate of drug-likeness (QED) is 0.625. The van der Waals surface area contributed by atoms with Gasteiger partial charge in [-0.25, -0.2) is 0 Å². The molecule has 0 unspecified atom stereocenters. The van der Waals surface area contributed by atoms with E-state index >= 15 is 0 Å². The first-order valence-electron chi connectivity index (χ1n) is 8.35. The minimum absolute atomic E-state index is 0.100. The molecule has 0 spiro atoms. The molecule has 26 heavy (non-hydrogen) atoms. The molecular weight excluding hydrogens is 377 g/mol. The fraction of sp³-hybridized carbons (Fsp3) is 0.444. The van der Waals surface area contributed by atoms with Gasteiger partial charge in [-0.1, -0.05) is 37.0 Å². The highest BCUT2D eigenvalue weighted by atomic mass is 35.5. The number of aliphatic hydroxyl groups excluding tert-OH is 1. The number of H-pyrrole nitrogens is 1. The summed E-state index contributed by atoms with van der Waals surface area (Å²) >= 11 is 12.7. The summed E-state index contributed by atoms with van der Waals surface area (Å²) in [4.78, 5) is 27.9. The lowest BCUT2D eigenvalue weighted by Crippen LogP contribution is -2.35. The summed E-state index contributed by atoms with van der Waals surface area (Å²) in [7, 11) is 0. The molecular formula is C18H21Cl2N3O3. The van der Waals surface area contributed by atoms with Gasteiger partial charge in [0, 0.05) is 23.0 Å². The zero-order chi connectivity index (χ0) is 19.4. The standard InChI is InChI=1S/C18H21Cl2N3O3/c1-7-11-12-10(22-17(26)8(2)24)5-9(19)13(20)14(12)23-15(11)18(3,4)6-21-16(7)25/h5,7-8,23-24H,6H2,1-4H3,(H,21,25)(H,22,26)/t7-,8-/m0/s1. The molecule has 1 aliphatic heterocycles. The predicted octanol–water partition coefficient (Wildman–Crippen LogP) is 3.30. The van der Waals surface area contributed by atoms with Crippen LogP contribution in [0.5, 0.6) is 0 Å². The number of aromatic amines is 1. The third kappa shape index (κ3) is 2.96. The molecule has 3 rings (SSSR count). The van der Waals surface area contributed by atoms with Crippen molar-refractivity contribution in [2.75, 3.05) is 11.9 Å². The molecule has 4 N–H and O–H groups in total. The number of benzene rings is 1. The van der Waals surface area contributed by atoms with Crippen LogP contribution in [0.4, 0.5) is 5.69 Å². The van der Waals surface area contributed by atoms with Gasteiger partial charge in [0.15, 0.2) is 0 Å². The van der Waals surface area contributed by atoms with Crippen LogP contribution >= 0.6 is 23.2 Å². The van der Waals surface area contributed by atoms with Crippen LogP contribution in [0, 0.1) is 0 Å². The van der Waals surface area contributed by atoms with E-state index in [-0.39, 0.29) is 16.3 Å². The van der Waals surface area contributed by atoms with Crippen LogP contribution in [0.25, 0.3) is 10.9 Å². The maximum atomic E-state index is 12.5. The number of carbonyl (C=O) groups is 2. The van der Waals surface area contributed by atoms with Gasteiger partial charge in [-0.2, -0.15) is 0 Å². The summed E-state index contributed by atoms with van der Waals surface area (Å²) in [5, 5.41) is 16.4. The number of aromatic nitrogens is 1. The molecule has 1 aliphatic rings. The molecule has 0 fully saturated rings. The van der Waals surface area contributed by atoms with Crippen molar-refractivity contribution in [2.45, 2.75) is 45.1 Å². The zero-order valence-electron chi connectivity index (χ0n) is 15.0. The van der Waals surface area contributed by atoms with E-state index < -0.39 is 17.9 Å². The number of hydrogen-bond acceptors (Lipinski definition) is 3. The normalized spacial score (nSPS) is 20.3. The van der Waals surface area contributed by atoms with Crippen LogP contribution in [-0.4, -0.2) is 34.6 Å². The van der Waals surface area contributed by atoms with E-state index in [1.807, 2.05) is 20.8 Å². The molecule has 8 heteroatoms. The zero-order valence-corrected chi connectivity index (χ0v) is 16.5. The van der Waals surface area contributed by atoms with Gasteiger partial charge in [-0.05, 0) is 25.5 Å². The molecule has 0 saturated carbocycles. The average Bonchev–Trinajstić information content (AvgIpc) is 2.95. The number of amides is 2. The van der Waals surface area contributed by atoms with Crippen molar-refractivity contribution in [3.05, 3.63) is 27.4 Å². The minimum Gasteiger partial charge on any atom is -0.384 e. The molecule has 140 valence electrons. The Morgan fingerprint density at radius 1 is 1.42 bits per heavy atom. The smallest absolute Gasteiger partial charge is 0.252 e. The number of carbonyl (C=O) groups excluding carboxylic acids is 2. The summed E-state index contributed by atoms with van der Waals surface area (Å²) in [6.07, 6.45) is -1.19. The second-order valence-electron chi connectivity index (χ2n) is 7.37. The van der Waals surface area contributed by atoms with E-state index in [2.05, 4.69) is 15.6 Å². The van der Waals surface area contributed by atoms with E-state index in [0.717, 1.165) is 11.3 Å². The summed E-state index contributed by atoms with van der Waals surface area (Å²) in [6.45, 7) is 7.69. The summed E-state index contributed by atoms with van der Waals surface area (Å²) in [5.74, 6) is -1.11. The Kier molecular flexibility index (Phi) is 4.71. The van der Waals surface area contributed by atoms with Crippen LogP contribution in [-0.2, 0) is 15.0 Å². The van der Waals surface area contributed by atoms with Crippen LogP contribution < -0.4 is 10.6 Å². The number of fused-ring (bicyclic) bond motifs is 3. The third-order valence-electron chi connectivity index (χ3n) is 4.85. The lowest BCUT2D eigenvalue weighted by Gasteiger charge is -2.22. The van der Waals surface area contributed by atoms with E-state index in [1.54, 1.807) is 6.07 Å². The van der Waals surface area contributed by atoms with Gasteiger partial charge in [0.25, 0.3) is 5.91 Å². The van der Waals surface area contributed by atoms with Crippen LogP contribution in [0.3, 0.4) is 0 Å². The van der Waals surface area contributed by atoms with Crippen LogP contribution in [0.2, 0.25) is 10.0 Å². The van der Waals surface area contributed by atoms with Gasteiger partial charge < -0.3 is 20.7 Å². The van der Waals surface area contributed by atoms with Crippen molar-refractivity contribution in [3.63, 3.8) is 0 Å². The lowest BCUT2D eigenvalue weighted by atomic mass is 9.84. The molecule has 2 aromatic rings. The molecule has 0 aliphatic carbocycles. The van der Waals surface area contributed by atoms with E-state index in [0.29, 0.717) is 28.2 Å². The summed E-state index contributed by atoms with van der Waals surface area (Å²) in [6, 6.07) is 1.54. The molecule has 6 nitrogen and oxygen atoms in total. The van der Waals surface area contributed by atoms with Crippen molar-refractivity contribution in [1.29, 1.82) is 0 Å². The van der Waals surface area contributed by atoms with Crippen LogP contribution in [0.1, 0.15) is 44.9 Å². The molecule has 0 bridgehead atoms. The van der Waals surface area contributed by atoms with E-state index in [1.165, 1.54) is 6.92 Å². The Morgan fingerprint density at radius 2 is 2.08 bits per heavy atom. The molecule has 0 radical (unpaired) electrons. The van der Waals surface area contributed by atoms with Crippen molar-refractivity contribution in [1.82, 2.24) is 10.3 Å². The number of hydrogen-bond donors (Lipinski definition) is 4. The van der Waals surface area contributed by atoms with Crippen molar-refractivity contribution in [2.24, 2.45) is 0 Å². The Balaban J connectivity index is 2.37. The molecule has 1 aromatic carbocycles. The number of nitrogens with one attached hydrogen (secondary N) is 3. The maximum absolute atomic E-state index is 12.5. The highest BCUT2D eigenvalue weighted by molar-refractivity contribution is 6.46. The number of anilines is 1. The summed E-state index contributed by atoms with van der Waals surface area (Å²) < 4.78 is 0. The topological polar surface area (TPSA) is 94.2 Å². The number of halogens is 2. The Hall–Kier alpha value is -1.76. The fourth-order valence-corrected chi connectivity index (χ4v) is 3.72. The van der Waals surface area contributed by atoms with Gasteiger partial charge >= 0.3 is 0 Å². The van der Waals surface area contributed by atoms with E-state index in [4.69, 9.17) is 23.2 Å². The fourth-order valence-electron chi connectivity index (χ4n) is 3.32. The molecule has 2 atom stereocenters. The Labute approximate surface area is 161 Å². The molecule has 0 saturated heterocycles. The molecule has 1 aromatic heterocycles. The number of aliphatic hydroxyl groups is 1. The van der Waals surface area contributed by atoms with Crippen molar-refractivity contribution < 1.29 is 14.7 Å². The average molecular weight is 398 g/mol. The second kappa shape index (κ2) is 6.44. The van der Waals surface area contributed by atoms with Gasteiger partial charge in [-0.3, -0.25) is 9.59 Å². The predicted molar refractivity (Wildman–Crippen MR) is 103 cm³/mol. The third-order valence-corrected chi connectivity index (χ3v) is 5.64. The first-order chi connectivity index (χ1) is 12.0.